The van der Waals surface area contributed by atoms with Crippen LogP contribution in [0.2, 0.25) is 5.02 Å². The van der Waals surface area contributed by atoms with E-state index in [1.807, 2.05) is 0 Å². The van der Waals surface area contributed by atoms with E-state index in [4.69, 9.17) is 16.7 Å². The Morgan fingerprint density at radius 2 is 2.27 bits per heavy atom. The average Bonchev–Trinajstić information content (AvgIpc) is 2.17. The summed E-state index contributed by atoms with van der Waals surface area (Å²) in [5, 5.41) is 11.6. The van der Waals surface area contributed by atoms with Gasteiger partial charge in [-0.2, -0.15) is 0 Å². The molecule has 2 rings (SSSR count). The molecule has 0 saturated heterocycles. The predicted octanol–water partition coefficient (Wildman–Crippen LogP) is 2.08. The van der Waals surface area contributed by atoms with Gasteiger partial charge >= 0.3 is 5.97 Å². The lowest BCUT2D eigenvalue weighted by Gasteiger charge is -2.17. The van der Waals surface area contributed by atoms with Crippen LogP contribution in [0, 0.1) is 0 Å². The molecule has 0 unspecified atom stereocenters. The van der Waals surface area contributed by atoms with Crippen LogP contribution in [-0.2, 0) is 4.79 Å². The lowest BCUT2D eigenvalue weighted by atomic mass is 10.2. The molecule has 0 spiro atoms. The fourth-order valence-corrected chi connectivity index (χ4v) is 2.40. The van der Waals surface area contributed by atoms with Crippen molar-refractivity contribution >= 4 is 40.9 Å². The van der Waals surface area contributed by atoms with Crippen molar-refractivity contribution in [2.24, 2.45) is 0 Å². The van der Waals surface area contributed by atoms with Crippen LogP contribution in [0.4, 0.5) is 5.69 Å². The standard InChI is InChI=1S/C9H6ClNO3S/c10-5-2-7-6(1-4(5)9(13)14)11-8(12)3-15-7/h1-2H,3H2,(H,11,12)(H,13,14). The van der Waals surface area contributed by atoms with E-state index in [9.17, 15) is 9.59 Å². The van der Waals surface area contributed by atoms with Crippen LogP contribution >= 0.6 is 23.4 Å². The molecule has 1 amide bonds. The number of rotatable bonds is 1. The normalized spacial score (nSPS) is 14.3. The molecule has 4 nitrogen and oxygen atoms in total. The number of amides is 1. The van der Waals surface area contributed by atoms with E-state index in [2.05, 4.69) is 5.32 Å². The van der Waals surface area contributed by atoms with Gasteiger partial charge in [-0.15, -0.1) is 11.8 Å². The molecule has 1 aliphatic heterocycles. The summed E-state index contributed by atoms with van der Waals surface area (Å²) in [6.45, 7) is 0. The fourth-order valence-electron chi connectivity index (χ4n) is 1.27. The summed E-state index contributed by atoms with van der Waals surface area (Å²) >= 11 is 7.13. The number of carbonyl (C=O) groups excluding carboxylic acids is 1. The third kappa shape index (κ3) is 1.93. The van der Waals surface area contributed by atoms with Gasteiger partial charge in [-0.1, -0.05) is 11.6 Å². The molecule has 0 saturated carbocycles. The molecule has 15 heavy (non-hydrogen) atoms. The highest BCUT2D eigenvalue weighted by Crippen LogP contribution is 2.35. The van der Waals surface area contributed by atoms with Gasteiger partial charge in [0.25, 0.3) is 0 Å². The van der Waals surface area contributed by atoms with Crippen LogP contribution in [0.15, 0.2) is 17.0 Å². The van der Waals surface area contributed by atoms with E-state index in [0.29, 0.717) is 11.4 Å². The summed E-state index contributed by atoms with van der Waals surface area (Å²) in [4.78, 5) is 22.7. The van der Waals surface area contributed by atoms with Crippen molar-refractivity contribution in [2.45, 2.75) is 4.90 Å². The van der Waals surface area contributed by atoms with E-state index in [-0.39, 0.29) is 16.5 Å². The number of nitrogens with one attached hydrogen (secondary N) is 1. The van der Waals surface area contributed by atoms with Gasteiger partial charge in [-0.25, -0.2) is 4.79 Å². The van der Waals surface area contributed by atoms with Gasteiger partial charge in [-0.3, -0.25) is 4.79 Å². The average molecular weight is 244 g/mol. The lowest BCUT2D eigenvalue weighted by molar-refractivity contribution is -0.113. The molecule has 0 atom stereocenters. The lowest BCUT2D eigenvalue weighted by Crippen LogP contribution is -2.19. The van der Waals surface area contributed by atoms with Crippen molar-refractivity contribution in [2.75, 3.05) is 11.1 Å². The number of aromatic carboxylic acids is 1. The minimum absolute atomic E-state index is 0.00165. The Morgan fingerprint density at radius 3 is 2.93 bits per heavy atom. The summed E-state index contributed by atoms with van der Waals surface area (Å²) in [5.41, 5.74) is 0.510. The molecule has 0 radical (unpaired) electrons. The molecule has 1 aromatic rings. The molecule has 6 heteroatoms. The molecule has 1 aliphatic rings. The first-order valence-corrected chi connectivity index (χ1v) is 5.44. The first-order valence-electron chi connectivity index (χ1n) is 4.07. The smallest absolute Gasteiger partial charge is 0.337 e. The monoisotopic (exact) mass is 243 g/mol. The Morgan fingerprint density at radius 1 is 1.53 bits per heavy atom. The van der Waals surface area contributed by atoms with Crippen LogP contribution in [0.3, 0.4) is 0 Å². The minimum atomic E-state index is -1.10. The summed E-state index contributed by atoms with van der Waals surface area (Å²) in [7, 11) is 0. The van der Waals surface area contributed by atoms with Gasteiger partial charge in [0.1, 0.15) is 0 Å². The van der Waals surface area contributed by atoms with Crippen LogP contribution in [0.5, 0.6) is 0 Å². The van der Waals surface area contributed by atoms with E-state index in [1.54, 1.807) is 6.07 Å². The van der Waals surface area contributed by atoms with Crippen molar-refractivity contribution in [1.82, 2.24) is 0 Å². The van der Waals surface area contributed by atoms with Crippen LogP contribution < -0.4 is 5.32 Å². The van der Waals surface area contributed by atoms with Gasteiger partial charge in [0.05, 0.1) is 22.0 Å². The van der Waals surface area contributed by atoms with Gasteiger partial charge in [0.15, 0.2) is 0 Å². The Kier molecular flexibility index (Phi) is 2.58. The molecule has 0 bridgehead atoms. The van der Waals surface area contributed by atoms with Crippen LogP contribution in [-0.4, -0.2) is 22.7 Å². The highest BCUT2D eigenvalue weighted by atomic mass is 35.5. The molecule has 0 fully saturated rings. The third-order valence-corrected chi connectivity index (χ3v) is 3.30. The zero-order chi connectivity index (χ0) is 11.0. The first kappa shape index (κ1) is 10.3. The predicted molar refractivity (Wildman–Crippen MR) is 57.8 cm³/mol. The summed E-state index contributed by atoms with van der Waals surface area (Å²) in [6, 6.07) is 2.94. The van der Waals surface area contributed by atoms with Crippen molar-refractivity contribution in [3.63, 3.8) is 0 Å². The first-order chi connectivity index (χ1) is 7.08. The third-order valence-electron chi connectivity index (χ3n) is 1.93. The molecule has 1 heterocycles. The Balaban J connectivity index is 2.51. The highest BCUT2D eigenvalue weighted by molar-refractivity contribution is 8.00. The van der Waals surface area contributed by atoms with Gasteiger partial charge in [0.2, 0.25) is 5.91 Å². The summed E-state index contributed by atoms with van der Waals surface area (Å²) in [5.74, 6) is -0.908. The van der Waals surface area contributed by atoms with Crippen LogP contribution in [0.1, 0.15) is 10.4 Å². The highest BCUT2D eigenvalue weighted by Gasteiger charge is 2.19. The number of benzene rings is 1. The number of halogens is 1. The van der Waals surface area contributed by atoms with Gasteiger partial charge in [0, 0.05) is 4.90 Å². The topological polar surface area (TPSA) is 66.4 Å². The second-order valence-electron chi connectivity index (χ2n) is 2.97. The molecule has 0 aromatic heterocycles. The number of carboxylic acid groups (broad SMARTS) is 1. The second kappa shape index (κ2) is 3.75. The van der Waals surface area contributed by atoms with E-state index < -0.39 is 5.97 Å². The Hall–Kier alpha value is -1.20. The summed E-state index contributed by atoms with van der Waals surface area (Å²) < 4.78 is 0. The maximum absolute atomic E-state index is 11.1. The molecular formula is C9H6ClNO3S. The SMILES string of the molecule is O=C1CSc2cc(Cl)c(C(=O)O)cc2N1. The largest absolute Gasteiger partial charge is 0.478 e. The maximum Gasteiger partial charge on any atom is 0.337 e. The number of anilines is 1. The zero-order valence-corrected chi connectivity index (χ0v) is 8.98. The number of carbonyl (C=O) groups is 2. The second-order valence-corrected chi connectivity index (χ2v) is 4.39. The fraction of sp³-hybridized carbons (Fsp3) is 0.111. The van der Waals surface area contributed by atoms with E-state index in [0.717, 1.165) is 4.90 Å². The number of hydrogen-bond acceptors (Lipinski definition) is 3. The number of hydrogen-bond donors (Lipinski definition) is 2. The summed E-state index contributed by atoms with van der Waals surface area (Å²) in [6.07, 6.45) is 0. The zero-order valence-electron chi connectivity index (χ0n) is 7.41. The molecule has 2 N–H and O–H groups in total. The molecule has 78 valence electrons. The Labute approximate surface area is 94.6 Å². The van der Waals surface area contributed by atoms with Gasteiger partial charge < -0.3 is 10.4 Å². The minimum Gasteiger partial charge on any atom is -0.478 e. The molecule has 0 aliphatic carbocycles. The molecule has 1 aromatic carbocycles. The van der Waals surface area contributed by atoms with Gasteiger partial charge in [-0.05, 0) is 12.1 Å². The number of fused-ring (bicyclic) bond motifs is 1. The molecular weight excluding hydrogens is 238 g/mol. The van der Waals surface area contributed by atoms with Crippen molar-refractivity contribution in [1.29, 1.82) is 0 Å². The quantitative estimate of drug-likeness (QED) is 0.793. The van der Waals surface area contributed by atoms with E-state index >= 15 is 0 Å². The van der Waals surface area contributed by atoms with Crippen molar-refractivity contribution in [3.05, 3.63) is 22.7 Å². The maximum atomic E-state index is 11.1. The van der Waals surface area contributed by atoms with Crippen LogP contribution in [0.25, 0.3) is 0 Å². The number of thioether (sulfide) groups is 1. The van der Waals surface area contributed by atoms with Crippen molar-refractivity contribution in [3.8, 4) is 0 Å². The van der Waals surface area contributed by atoms with E-state index in [1.165, 1.54) is 17.8 Å². The van der Waals surface area contributed by atoms with Crippen molar-refractivity contribution < 1.29 is 14.7 Å². The number of carboxylic acids is 1. The Bertz CT molecular complexity index is 461.